The monoisotopic (exact) mass is 481 g/mol. The van der Waals surface area contributed by atoms with Gasteiger partial charge >= 0.3 is 29.2 Å². The van der Waals surface area contributed by atoms with E-state index in [0.29, 0.717) is 0 Å². The topological polar surface area (TPSA) is 239 Å². The van der Waals surface area contributed by atoms with Crippen molar-refractivity contribution in [3.63, 3.8) is 0 Å². The molecule has 1 saturated heterocycles. The van der Waals surface area contributed by atoms with Gasteiger partial charge in [-0.05, 0) is 6.07 Å². The minimum absolute atomic E-state index is 0.0394. The Labute approximate surface area is 162 Å². The van der Waals surface area contributed by atoms with Crippen molar-refractivity contribution in [2.45, 2.75) is 24.9 Å². The molecule has 29 heavy (non-hydrogen) atoms. The average molecular weight is 481 g/mol. The van der Waals surface area contributed by atoms with Gasteiger partial charge in [0.25, 0.3) is 0 Å². The zero-order valence-corrected chi connectivity index (χ0v) is 17.3. The van der Waals surface area contributed by atoms with E-state index in [4.69, 9.17) is 29.5 Å². The largest absolute Gasteiger partial charge is 0.490 e. The van der Waals surface area contributed by atoms with Crippen molar-refractivity contribution >= 4 is 29.3 Å². The van der Waals surface area contributed by atoms with Gasteiger partial charge < -0.3 is 34.8 Å². The Hall–Kier alpha value is -0.990. The number of hydrogen-bond acceptors (Lipinski definition) is 11. The summed E-state index contributed by atoms with van der Waals surface area (Å²) in [6.45, 7) is -0.173. The summed E-state index contributed by atoms with van der Waals surface area (Å²) in [6, 6.07) is 1.31. The van der Waals surface area contributed by atoms with Gasteiger partial charge in [0.15, 0.2) is 0 Å². The summed E-state index contributed by atoms with van der Waals surface area (Å²) in [4.78, 5) is 51.4. The minimum Gasteiger partial charge on any atom is -0.383 e. The molecule has 0 aromatic carbocycles. The Morgan fingerprint density at radius 3 is 2.45 bits per heavy atom. The molecule has 0 saturated carbocycles. The Balaban J connectivity index is 2.16. The molecule has 0 aliphatic carbocycles. The van der Waals surface area contributed by atoms with Gasteiger partial charge in [-0.1, -0.05) is 0 Å². The molecule has 1 aromatic rings. The number of nitrogens with two attached hydrogens (primary N) is 1. The van der Waals surface area contributed by atoms with E-state index in [0.717, 1.165) is 4.57 Å². The number of anilines is 1. The maximum absolute atomic E-state index is 12.0. The van der Waals surface area contributed by atoms with Crippen LogP contribution in [0.3, 0.4) is 0 Å². The molecule has 16 nitrogen and oxygen atoms in total. The molecule has 0 amide bonds. The number of hydrogen-bond donors (Lipinski definition) is 5. The smallest absolute Gasteiger partial charge is 0.383 e. The highest BCUT2D eigenvalue weighted by atomic mass is 31.3. The number of nitrogens with zero attached hydrogens (tertiary/aromatic N) is 2. The molecule has 0 spiro atoms. The van der Waals surface area contributed by atoms with Crippen LogP contribution in [0.1, 0.15) is 12.6 Å². The second-order valence-corrected chi connectivity index (χ2v) is 9.97. The second kappa shape index (κ2) is 9.02. The van der Waals surface area contributed by atoms with Crippen LogP contribution in [0, 0.1) is 0 Å². The summed E-state index contributed by atoms with van der Waals surface area (Å²) < 4.78 is 57.7. The van der Waals surface area contributed by atoms with E-state index in [-0.39, 0.29) is 18.8 Å². The predicted octanol–water partition coefficient (Wildman–Crippen LogP) is -0.529. The first-order chi connectivity index (χ1) is 13.2. The summed E-state index contributed by atoms with van der Waals surface area (Å²) >= 11 is 0. The highest BCUT2D eigenvalue weighted by molar-refractivity contribution is 7.66. The predicted molar refractivity (Wildman–Crippen MR) is 92.1 cm³/mol. The van der Waals surface area contributed by atoms with Crippen molar-refractivity contribution in [2.24, 2.45) is 0 Å². The van der Waals surface area contributed by atoms with Gasteiger partial charge in [0.05, 0.1) is 6.61 Å². The maximum Gasteiger partial charge on any atom is 0.490 e. The van der Waals surface area contributed by atoms with Crippen LogP contribution < -0.4 is 11.4 Å². The molecule has 166 valence electrons. The number of aromatic nitrogens is 2. The SMILES string of the molecule is COC[C@H]1O[C@@H](n2ccc(N)nc2=O)C[C@@H]1OP(=O)(O)OP(=O)(O)OP(=O)(O)O. The van der Waals surface area contributed by atoms with Gasteiger partial charge in [0.2, 0.25) is 0 Å². The van der Waals surface area contributed by atoms with Crippen LogP contribution in [0.5, 0.6) is 0 Å². The third-order valence-corrected chi connectivity index (χ3v) is 7.22. The van der Waals surface area contributed by atoms with Crippen LogP contribution >= 0.6 is 23.5 Å². The minimum atomic E-state index is -5.67. The Kier molecular flexibility index (Phi) is 7.55. The molecule has 19 heteroatoms. The Morgan fingerprint density at radius 1 is 1.24 bits per heavy atom. The van der Waals surface area contributed by atoms with Gasteiger partial charge in [-0.2, -0.15) is 13.6 Å². The van der Waals surface area contributed by atoms with Gasteiger partial charge in [-0.15, -0.1) is 0 Å². The van der Waals surface area contributed by atoms with E-state index in [1.54, 1.807) is 0 Å². The summed E-state index contributed by atoms with van der Waals surface area (Å²) in [6.07, 6.45) is -2.29. The lowest BCUT2D eigenvalue weighted by atomic mass is 10.2. The number of phosphoric acid groups is 3. The molecule has 0 radical (unpaired) electrons. The molecule has 1 aliphatic heterocycles. The average Bonchev–Trinajstić information content (AvgIpc) is 2.85. The molecular formula is C10H18N3O13P3. The number of methoxy groups -OCH3 is 1. The lowest BCUT2D eigenvalue weighted by Gasteiger charge is -2.21. The van der Waals surface area contributed by atoms with E-state index < -0.39 is 47.6 Å². The van der Waals surface area contributed by atoms with Gasteiger partial charge in [-0.25, -0.2) is 18.5 Å². The van der Waals surface area contributed by atoms with Crippen molar-refractivity contribution in [1.29, 1.82) is 0 Å². The van der Waals surface area contributed by atoms with Crippen LogP contribution in [0.25, 0.3) is 0 Å². The van der Waals surface area contributed by atoms with Crippen molar-refractivity contribution in [3.05, 3.63) is 22.7 Å². The first kappa shape index (κ1) is 24.3. The van der Waals surface area contributed by atoms with Gasteiger partial charge in [0, 0.05) is 19.7 Å². The van der Waals surface area contributed by atoms with Crippen molar-refractivity contribution in [1.82, 2.24) is 9.55 Å². The van der Waals surface area contributed by atoms with Crippen molar-refractivity contribution < 1.29 is 55.9 Å². The molecule has 2 unspecified atom stereocenters. The third-order valence-electron chi connectivity index (χ3n) is 3.36. The standard InChI is InChI=1S/C10H18N3O13P3/c1-22-5-7-6(4-9(23-7)13-3-2-8(11)12-10(13)14)24-28(18,19)26-29(20,21)25-27(15,16)17/h2-3,6-7,9H,4-5H2,1H3,(H,18,19)(H,20,21)(H2,11,12,14)(H2,15,16,17)/t6-,7+,9+/m0/s1. The lowest BCUT2D eigenvalue weighted by Crippen LogP contribution is -2.29. The molecule has 2 heterocycles. The van der Waals surface area contributed by atoms with E-state index >= 15 is 0 Å². The van der Waals surface area contributed by atoms with Crippen molar-refractivity contribution in [3.8, 4) is 0 Å². The molecule has 1 aromatic heterocycles. The molecule has 2 rings (SSSR count). The lowest BCUT2D eigenvalue weighted by molar-refractivity contribution is -0.0538. The zero-order chi connectivity index (χ0) is 22.0. The third kappa shape index (κ3) is 7.33. The first-order valence-corrected chi connectivity index (χ1v) is 12.0. The Bertz CT molecular complexity index is 931. The molecule has 1 aliphatic rings. The fourth-order valence-corrected chi connectivity index (χ4v) is 5.64. The first-order valence-electron chi connectivity index (χ1n) is 7.52. The molecular weight excluding hydrogens is 463 g/mol. The van der Waals surface area contributed by atoms with E-state index in [1.807, 2.05) is 0 Å². The number of ether oxygens (including phenoxy) is 2. The number of nitrogen functional groups attached to an aromatic ring is 1. The summed E-state index contributed by atoms with van der Waals surface area (Å²) in [7, 11) is -15.3. The van der Waals surface area contributed by atoms with Crippen LogP contribution in [0.15, 0.2) is 17.1 Å². The fraction of sp³-hybridized carbons (Fsp3) is 0.600. The molecule has 6 N–H and O–H groups in total. The maximum atomic E-state index is 12.0. The quantitative estimate of drug-likeness (QED) is 0.279. The summed E-state index contributed by atoms with van der Waals surface area (Å²) in [5.41, 5.74) is 4.63. The molecule has 0 bridgehead atoms. The van der Waals surface area contributed by atoms with E-state index in [1.165, 1.54) is 19.4 Å². The van der Waals surface area contributed by atoms with E-state index in [9.17, 15) is 28.3 Å². The van der Waals surface area contributed by atoms with Crippen LogP contribution in [-0.4, -0.2) is 55.0 Å². The second-order valence-electron chi connectivity index (χ2n) is 5.60. The van der Waals surface area contributed by atoms with Crippen molar-refractivity contribution in [2.75, 3.05) is 19.5 Å². The fourth-order valence-electron chi connectivity index (χ4n) is 2.41. The number of phosphoric ester groups is 1. The summed E-state index contributed by atoms with van der Waals surface area (Å²) in [5.74, 6) is -0.0394. The Morgan fingerprint density at radius 2 is 1.90 bits per heavy atom. The number of rotatable bonds is 9. The van der Waals surface area contributed by atoms with Gasteiger partial charge in [0.1, 0.15) is 24.3 Å². The highest BCUT2D eigenvalue weighted by Crippen LogP contribution is 2.67. The van der Waals surface area contributed by atoms with Crippen LogP contribution in [0.2, 0.25) is 0 Å². The summed E-state index contributed by atoms with van der Waals surface area (Å²) in [5, 5.41) is 0. The normalized spacial score (nSPS) is 26.7. The van der Waals surface area contributed by atoms with E-state index in [2.05, 4.69) is 13.6 Å². The van der Waals surface area contributed by atoms with Gasteiger partial charge in [-0.3, -0.25) is 9.09 Å². The molecule has 1 fully saturated rings. The van der Waals surface area contributed by atoms with Crippen LogP contribution in [-0.2, 0) is 36.3 Å². The highest BCUT2D eigenvalue weighted by Gasteiger charge is 2.46. The zero-order valence-electron chi connectivity index (χ0n) is 14.6. The molecule has 5 atom stereocenters. The van der Waals surface area contributed by atoms with Crippen LogP contribution in [0.4, 0.5) is 5.82 Å².